The SMILES string of the molecule is COC(=O)[C@H](COC(=O)c1ccc2c(c1)C(=O)c1ccccc1C2=O)NC(=O)C(C)(C)NC(=O)C(C)(C)NC(=O)C(C)(C)NC(=O)CNC(=O)OC(C)(C)C. The third-order valence-electron chi connectivity index (χ3n) is 8.13. The maximum atomic E-state index is 13.4. The Bertz CT molecular complexity index is 1930. The van der Waals surface area contributed by atoms with Gasteiger partial charge in [0.15, 0.2) is 17.6 Å². The normalized spacial score (nSPS) is 13.2. The summed E-state index contributed by atoms with van der Waals surface area (Å²) in [7, 11) is 1.05. The zero-order chi connectivity index (χ0) is 41.7. The van der Waals surface area contributed by atoms with Crippen LogP contribution >= 0.6 is 0 Å². The molecule has 0 spiro atoms. The molecule has 0 fully saturated rings. The Hall–Kier alpha value is -6.13. The van der Waals surface area contributed by atoms with Gasteiger partial charge in [0.05, 0.1) is 12.7 Å². The molecule has 0 radical (unpaired) electrons. The maximum absolute atomic E-state index is 13.4. The molecule has 5 N–H and O–H groups in total. The molecule has 1 aliphatic carbocycles. The predicted molar refractivity (Wildman–Crippen MR) is 195 cm³/mol. The third kappa shape index (κ3) is 11.0. The van der Waals surface area contributed by atoms with Gasteiger partial charge in [0.25, 0.3) is 0 Å². The number of ether oxygens (including phenoxy) is 3. The second-order valence-corrected chi connectivity index (χ2v) is 15.3. The molecule has 1 aliphatic rings. The van der Waals surface area contributed by atoms with Gasteiger partial charge in [0.2, 0.25) is 23.6 Å². The van der Waals surface area contributed by atoms with Crippen molar-refractivity contribution in [1.29, 1.82) is 0 Å². The van der Waals surface area contributed by atoms with E-state index in [0.29, 0.717) is 0 Å². The van der Waals surface area contributed by atoms with Crippen LogP contribution in [0.1, 0.15) is 105 Å². The van der Waals surface area contributed by atoms with Gasteiger partial charge in [-0.15, -0.1) is 0 Å². The Balaban J connectivity index is 1.61. The zero-order valence-electron chi connectivity index (χ0n) is 32.4. The molecule has 1 atom stereocenters. The molecule has 0 bridgehead atoms. The number of rotatable bonds is 13. The van der Waals surface area contributed by atoms with E-state index in [9.17, 15) is 43.2 Å². The lowest BCUT2D eigenvalue weighted by Gasteiger charge is -2.35. The van der Waals surface area contributed by atoms with Crippen LogP contribution in [0.25, 0.3) is 0 Å². The molecular formula is C38H47N5O12. The summed E-state index contributed by atoms with van der Waals surface area (Å²) in [5, 5.41) is 12.2. The lowest BCUT2D eigenvalue weighted by atomic mass is 9.83. The second-order valence-electron chi connectivity index (χ2n) is 15.3. The average molecular weight is 766 g/mol. The van der Waals surface area contributed by atoms with Gasteiger partial charge in [-0.25, -0.2) is 14.4 Å². The summed E-state index contributed by atoms with van der Waals surface area (Å²) in [6, 6.07) is 8.61. The molecule has 2 aromatic carbocycles. The van der Waals surface area contributed by atoms with Crippen molar-refractivity contribution in [2.45, 2.75) is 90.6 Å². The van der Waals surface area contributed by atoms with E-state index in [1.807, 2.05) is 0 Å². The Morgan fingerprint density at radius 1 is 0.655 bits per heavy atom. The minimum absolute atomic E-state index is 0.00786. The van der Waals surface area contributed by atoms with Gasteiger partial charge in [-0.05, 0) is 80.5 Å². The van der Waals surface area contributed by atoms with E-state index in [4.69, 9.17) is 14.2 Å². The van der Waals surface area contributed by atoms with Crippen molar-refractivity contribution in [3.8, 4) is 0 Å². The summed E-state index contributed by atoms with van der Waals surface area (Å²) in [4.78, 5) is 116. The number of alkyl carbamates (subject to hydrolysis) is 1. The highest BCUT2D eigenvalue weighted by atomic mass is 16.6. The number of hydrogen-bond acceptors (Lipinski definition) is 12. The molecule has 0 saturated carbocycles. The van der Waals surface area contributed by atoms with E-state index >= 15 is 0 Å². The maximum Gasteiger partial charge on any atom is 0.408 e. The van der Waals surface area contributed by atoms with Gasteiger partial charge < -0.3 is 40.8 Å². The topological polar surface area (TPSA) is 241 Å². The van der Waals surface area contributed by atoms with Crippen LogP contribution in [0.15, 0.2) is 42.5 Å². The van der Waals surface area contributed by atoms with Crippen LogP contribution in [-0.2, 0) is 38.2 Å². The molecule has 3 rings (SSSR count). The van der Waals surface area contributed by atoms with Crippen LogP contribution in [0.3, 0.4) is 0 Å². The third-order valence-corrected chi connectivity index (χ3v) is 8.13. The number of carbonyl (C=O) groups excluding carboxylic acids is 9. The van der Waals surface area contributed by atoms with E-state index in [1.54, 1.807) is 32.9 Å². The fourth-order valence-corrected chi connectivity index (χ4v) is 5.03. The van der Waals surface area contributed by atoms with E-state index in [1.165, 1.54) is 71.9 Å². The second kappa shape index (κ2) is 16.5. The highest BCUT2D eigenvalue weighted by Crippen LogP contribution is 2.28. The number of esters is 2. The Kier molecular flexibility index (Phi) is 13.0. The van der Waals surface area contributed by atoms with Crippen LogP contribution < -0.4 is 26.6 Å². The Morgan fingerprint density at radius 3 is 1.67 bits per heavy atom. The molecule has 5 amide bonds. The van der Waals surface area contributed by atoms with Gasteiger partial charge >= 0.3 is 18.0 Å². The van der Waals surface area contributed by atoms with Gasteiger partial charge in [-0.3, -0.25) is 28.8 Å². The number of methoxy groups -OCH3 is 1. The molecule has 0 aromatic heterocycles. The van der Waals surface area contributed by atoms with Crippen LogP contribution in [0.2, 0.25) is 0 Å². The van der Waals surface area contributed by atoms with Crippen molar-refractivity contribution in [2.24, 2.45) is 0 Å². The zero-order valence-corrected chi connectivity index (χ0v) is 32.4. The van der Waals surface area contributed by atoms with Crippen molar-refractivity contribution >= 4 is 53.2 Å². The van der Waals surface area contributed by atoms with Gasteiger partial charge in [-0.2, -0.15) is 0 Å². The first-order valence-corrected chi connectivity index (χ1v) is 17.1. The van der Waals surface area contributed by atoms with Crippen LogP contribution in [0.5, 0.6) is 0 Å². The smallest absolute Gasteiger partial charge is 0.408 e. The van der Waals surface area contributed by atoms with Gasteiger partial charge in [0.1, 0.15) is 35.4 Å². The Morgan fingerprint density at radius 2 is 1.15 bits per heavy atom. The molecule has 2 aromatic rings. The molecule has 55 heavy (non-hydrogen) atoms. The lowest BCUT2D eigenvalue weighted by molar-refractivity contribution is -0.147. The first-order valence-electron chi connectivity index (χ1n) is 17.1. The van der Waals surface area contributed by atoms with Gasteiger partial charge in [0, 0.05) is 22.3 Å². The molecule has 17 nitrogen and oxygen atoms in total. The van der Waals surface area contributed by atoms with Crippen molar-refractivity contribution in [3.05, 3.63) is 70.3 Å². The number of fused-ring (bicyclic) bond motifs is 2. The summed E-state index contributed by atoms with van der Waals surface area (Å²) in [6.45, 7) is 11.9. The Labute approximate surface area is 318 Å². The average Bonchev–Trinajstić information content (AvgIpc) is 3.09. The highest BCUT2D eigenvalue weighted by molar-refractivity contribution is 6.28. The van der Waals surface area contributed by atoms with Gasteiger partial charge in [-0.1, -0.05) is 24.3 Å². The number of amides is 5. The fourth-order valence-electron chi connectivity index (χ4n) is 5.03. The summed E-state index contributed by atoms with van der Waals surface area (Å²) in [6.07, 6.45) is -0.830. The largest absolute Gasteiger partial charge is 0.467 e. The number of ketones is 2. The lowest BCUT2D eigenvalue weighted by Crippen LogP contribution is -2.67. The molecule has 0 aliphatic heterocycles. The summed E-state index contributed by atoms with van der Waals surface area (Å²) < 4.78 is 15.1. The molecule has 17 heteroatoms. The highest BCUT2D eigenvalue weighted by Gasteiger charge is 2.41. The first-order chi connectivity index (χ1) is 25.3. The number of nitrogens with one attached hydrogen (secondary N) is 5. The van der Waals surface area contributed by atoms with E-state index in [0.717, 1.165) is 7.11 Å². The summed E-state index contributed by atoms with van der Waals surface area (Å²) in [5.41, 5.74) is -5.23. The van der Waals surface area contributed by atoms with E-state index < -0.39 is 88.9 Å². The molecule has 0 heterocycles. The molecule has 0 unspecified atom stereocenters. The number of carbonyl (C=O) groups is 9. The number of benzene rings is 2. The quantitative estimate of drug-likeness (QED) is 0.123. The van der Waals surface area contributed by atoms with E-state index in [-0.39, 0.29) is 33.6 Å². The van der Waals surface area contributed by atoms with Crippen LogP contribution in [0.4, 0.5) is 4.79 Å². The first kappa shape index (κ1) is 43.3. The summed E-state index contributed by atoms with van der Waals surface area (Å²) >= 11 is 0. The number of hydrogen-bond donors (Lipinski definition) is 5. The minimum atomic E-state index is -1.71. The standard InChI is InChI=1S/C38H47N5O12/c1-35(2,3)55-34(52)39-18-26(44)41-37(6,7)32(50)43-38(8,9)33(51)42-36(4,5)31(49)40-25(30(48)53-10)19-54-29(47)20-15-16-23-24(17-20)28(46)22-14-12-11-13-21(22)27(23)45/h11-17,25H,18-19H2,1-10H3,(H,39,52)(H,40,49)(H,41,44)(H,42,51)(H,43,50)/t25-/m0/s1. The summed E-state index contributed by atoms with van der Waals surface area (Å²) in [5.74, 6) is -5.97. The van der Waals surface area contributed by atoms with Crippen LogP contribution in [-0.4, -0.2) is 102 Å². The minimum Gasteiger partial charge on any atom is -0.467 e. The van der Waals surface area contributed by atoms with E-state index in [2.05, 4.69) is 26.6 Å². The molecule has 296 valence electrons. The van der Waals surface area contributed by atoms with Crippen molar-refractivity contribution in [2.75, 3.05) is 20.3 Å². The fraction of sp³-hybridized carbons (Fsp3) is 0.447. The molecule has 0 saturated heterocycles. The molecular weight excluding hydrogens is 718 g/mol. The van der Waals surface area contributed by atoms with Crippen molar-refractivity contribution < 1.29 is 57.4 Å². The van der Waals surface area contributed by atoms with Crippen molar-refractivity contribution in [3.63, 3.8) is 0 Å². The predicted octanol–water partition coefficient (Wildman–Crippen LogP) is 1.49. The van der Waals surface area contributed by atoms with Crippen molar-refractivity contribution in [1.82, 2.24) is 26.6 Å². The monoisotopic (exact) mass is 765 g/mol. The van der Waals surface area contributed by atoms with Crippen LogP contribution in [0, 0.1) is 0 Å².